The summed E-state index contributed by atoms with van der Waals surface area (Å²) in [5.74, 6) is 1.90. The average Bonchev–Trinajstić information content (AvgIpc) is 2.82. The molecule has 0 fully saturated rings. The molecule has 102 valence electrons. The van der Waals surface area contributed by atoms with E-state index in [2.05, 4.69) is 42.6 Å². The minimum atomic E-state index is 0.316. The van der Waals surface area contributed by atoms with Crippen LogP contribution in [0.25, 0.3) is 0 Å². The van der Waals surface area contributed by atoms with Gasteiger partial charge >= 0.3 is 0 Å². The van der Waals surface area contributed by atoms with Crippen LogP contribution in [0.2, 0.25) is 0 Å². The van der Waals surface area contributed by atoms with Crippen LogP contribution in [-0.4, -0.2) is 19.2 Å². The van der Waals surface area contributed by atoms with Crippen LogP contribution in [0.1, 0.15) is 30.4 Å². The van der Waals surface area contributed by atoms with Gasteiger partial charge in [0.05, 0.1) is 0 Å². The second-order valence-electron chi connectivity index (χ2n) is 5.86. The number of benzene rings is 1. The highest BCUT2D eigenvalue weighted by molar-refractivity contribution is 5.40. The summed E-state index contributed by atoms with van der Waals surface area (Å²) in [6, 6.07) is 6.49. The molecular weight excluding hydrogens is 234 g/mol. The molecule has 0 spiro atoms. The monoisotopic (exact) mass is 257 g/mol. The Bertz CT molecular complexity index is 466. The number of aryl methyl sites for hydroxylation is 1. The van der Waals surface area contributed by atoms with E-state index < -0.39 is 0 Å². The summed E-state index contributed by atoms with van der Waals surface area (Å²) >= 11 is 0. The highest BCUT2D eigenvalue weighted by atomic mass is 16.5. The second-order valence-corrected chi connectivity index (χ2v) is 5.86. The van der Waals surface area contributed by atoms with Gasteiger partial charge in [-0.3, -0.25) is 0 Å². The minimum Gasteiger partial charge on any atom is -0.488 e. The third-order valence-electron chi connectivity index (χ3n) is 4.14. The van der Waals surface area contributed by atoms with E-state index in [1.165, 1.54) is 30.4 Å². The molecule has 1 aliphatic heterocycles. The van der Waals surface area contributed by atoms with Gasteiger partial charge in [0.2, 0.25) is 0 Å². The molecule has 0 bridgehead atoms. The smallest absolute Gasteiger partial charge is 0.123 e. The largest absolute Gasteiger partial charge is 0.488 e. The SMILES string of the molecule is Cc1ccc2c(c1)CC(CNCC1CC=CCC1)O2. The zero-order valence-electron chi connectivity index (χ0n) is 11.7. The number of nitrogens with one attached hydrogen (secondary N) is 1. The maximum Gasteiger partial charge on any atom is 0.123 e. The van der Waals surface area contributed by atoms with Crippen LogP contribution in [0.3, 0.4) is 0 Å². The molecule has 1 heterocycles. The fourth-order valence-corrected chi connectivity index (χ4v) is 3.05. The molecule has 1 aromatic carbocycles. The van der Waals surface area contributed by atoms with Crippen LogP contribution < -0.4 is 10.1 Å². The van der Waals surface area contributed by atoms with Crippen molar-refractivity contribution >= 4 is 0 Å². The van der Waals surface area contributed by atoms with Crippen LogP contribution >= 0.6 is 0 Å². The van der Waals surface area contributed by atoms with Crippen molar-refractivity contribution in [3.8, 4) is 5.75 Å². The molecule has 1 aromatic rings. The summed E-state index contributed by atoms with van der Waals surface area (Å²) < 4.78 is 5.97. The normalized spacial score (nSPS) is 25.1. The van der Waals surface area contributed by atoms with E-state index in [1.54, 1.807) is 0 Å². The number of ether oxygens (including phenoxy) is 1. The summed E-state index contributed by atoms with van der Waals surface area (Å²) in [5, 5.41) is 3.59. The molecule has 1 N–H and O–H groups in total. The molecule has 0 radical (unpaired) electrons. The molecule has 2 aliphatic rings. The molecule has 2 heteroatoms. The fraction of sp³-hybridized carbons (Fsp3) is 0.529. The van der Waals surface area contributed by atoms with E-state index >= 15 is 0 Å². The summed E-state index contributed by atoms with van der Waals surface area (Å²) in [7, 11) is 0. The van der Waals surface area contributed by atoms with Crippen molar-refractivity contribution in [2.45, 2.75) is 38.7 Å². The van der Waals surface area contributed by atoms with Crippen LogP contribution in [-0.2, 0) is 6.42 Å². The van der Waals surface area contributed by atoms with Crippen LogP contribution in [0.5, 0.6) is 5.75 Å². The Morgan fingerprint density at radius 2 is 2.21 bits per heavy atom. The Hall–Kier alpha value is -1.28. The van der Waals surface area contributed by atoms with Crippen molar-refractivity contribution in [2.24, 2.45) is 5.92 Å². The third-order valence-corrected chi connectivity index (χ3v) is 4.14. The first-order chi connectivity index (χ1) is 9.31. The lowest BCUT2D eigenvalue weighted by molar-refractivity contribution is 0.224. The van der Waals surface area contributed by atoms with Gasteiger partial charge in [-0.2, -0.15) is 0 Å². The lowest BCUT2D eigenvalue weighted by Crippen LogP contribution is -2.33. The van der Waals surface area contributed by atoms with E-state index in [0.29, 0.717) is 6.10 Å². The maximum absolute atomic E-state index is 5.97. The summed E-state index contributed by atoms with van der Waals surface area (Å²) in [4.78, 5) is 0. The first kappa shape index (κ1) is 12.7. The fourth-order valence-electron chi connectivity index (χ4n) is 3.05. The molecule has 19 heavy (non-hydrogen) atoms. The molecule has 0 saturated carbocycles. The first-order valence-electron chi connectivity index (χ1n) is 7.43. The topological polar surface area (TPSA) is 21.3 Å². The van der Waals surface area contributed by atoms with Gasteiger partial charge in [0.15, 0.2) is 0 Å². The van der Waals surface area contributed by atoms with Gasteiger partial charge in [-0.25, -0.2) is 0 Å². The average molecular weight is 257 g/mol. The summed E-state index contributed by atoms with van der Waals surface area (Å²) in [5.41, 5.74) is 2.69. The Balaban J connectivity index is 1.44. The zero-order chi connectivity index (χ0) is 13.1. The van der Waals surface area contributed by atoms with E-state index in [-0.39, 0.29) is 0 Å². The van der Waals surface area contributed by atoms with Gasteiger partial charge in [-0.15, -0.1) is 0 Å². The van der Waals surface area contributed by atoms with Gasteiger partial charge < -0.3 is 10.1 Å². The van der Waals surface area contributed by atoms with Crippen LogP contribution in [0.15, 0.2) is 30.4 Å². The van der Waals surface area contributed by atoms with Crippen molar-refractivity contribution in [1.29, 1.82) is 0 Å². The molecule has 0 saturated heterocycles. The number of hydrogen-bond acceptors (Lipinski definition) is 2. The molecule has 2 nitrogen and oxygen atoms in total. The van der Waals surface area contributed by atoms with Crippen molar-refractivity contribution in [1.82, 2.24) is 5.32 Å². The lowest BCUT2D eigenvalue weighted by Gasteiger charge is -2.19. The number of rotatable bonds is 4. The summed E-state index contributed by atoms with van der Waals surface area (Å²) in [6.45, 7) is 4.23. The first-order valence-corrected chi connectivity index (χ1v) is 7.43. The molecule has 2 unspecified atom stereocenters. The van der Waals surface area contributed by atoms with Gasteiger partial charge in [-0.05, 0) is 50.3 Å². The molecule has 0 aromatic heterocycles. The Morgan fingerprint density at radius 3 is 3.05 bits per heavy atom. The third kappa shape index (κ3) is 3.19. The highest BCUT2D eigenvalue weighted by Gasteiger charge is 2.22. The lowest BCUT2D eigenvalue weighted by atomic mass is 9.94. The van der Waals surface area contributed by atoms with E-state index in [1.807, 2.05) is 0 Å². The van der Waals surface area contributed by atoms with Crippen molar-refractivity contribution < 1.29 is 4.74 Å². The number of allylic oxidation sites excluding steroid dienone is 2. The van der Waals surface area contributed by atoms with Crippen molar-refractivity contribution in [3.63, 3.8) is 0 Å². The number of hydrogen-bond donors (Lipinski definition) is 1. The summed E-state index contributed by atoms with van der Waals surface area (Å²) in [6.07, 6.45) is 9.80. The van der Waals surface area contributed by atoms with E-state index in [9.17, 15) is 0 Å². The van der Waals surface area contributed by atoms with Crippen LogP contribution in [0, 0.1) is 12.8 Å². The predicted molar refractivity (Wildman–Crippen MR) is 78.6 cm³/mol. The molecule has 3 rings (SSSR count). The molecular formula is C17H23NO. The van der Waals surface area contributed by atoms with Gasteiger partial charge in [-0.1, -0.05) is 29.8 Å². The van der Waals surface area contributed by atoms with Crippen LogP contribution in [0.4, 0.5) is 0 Å². The van der Waals surface area contributed by atoms with Gasteiger partial charge in [0.1, 0.15) is 11.9 Å². The highest BCUT2D eigenvalue weighted by Crippen LogP contribution is 2.29. The van der Waals surface area contributed by atoms with Crippen molar-refractivity contribution in [3.05, 3.63) is 41.5 Å². The standard InChI is InChI=1S/C17H23NO/c1-13-7-8-17-15(9-13)10-16(19-17)12-18-11-14-5-3-2-4-6-14/h2-3,7-9,14,16,18H,4-6,10-12H2,1H3. The molecule has 1 aliphatic carbocycles. The van der Waals surface area contributed by atoms with Crippen molar-refractivity contribution in [2.75, 3.05) is 13.1 Å². The Morgan fingerprint density at radius 1 is 1.26 bits per heavy atom. The van der Waals surface area contributed by atoms with Gasteiger partial charge in [0.25, 0.3) is 0 Å². The minimum absolute atomic E-state index is 0.316. The maximum atomic E-state index is 5.97. The van der Waals surface area contributed by atoms with E-state index in [0.717, 1.165) is 31.2 Å². The number of fused-ring (bicyclic) bond motifs is 1. The zero-order valence-corrected chi connectivity index (χ0v) is 11.7. The quantitative estimate of drug-likeness (QED) is 0.836. The molecule has 2 atom stereocenters. The van der Waals surface area contributed by atoms with E-state index in [4.69, 9.17) is 4.74 Å². The predicted octanol–water partition coefficient (Wildman–Crippen LogP) is 3.24. The molecule has 0 amide bonds. The Kier molecular flexibility index (Phi) is 3.88. The van der Waals surface area contributed by atoms with Gasteiger partial charge in [0, 0.05) is 13.0 Å². The second kappa shape index (κ2) is 5.79. The Labute approximate surface area is 115 Å².